The van der Waals surface area contributed by atoms with Crippen LogP contribution in [0.5, 0.6) is 0 Å². The van der Waals surface area contributed by atoms with Crippen molar-refractivity contribution in [1.29, 1.82) is 0 Å². The van der Waals surface area contributed by atoms with Crippen LogP contribution in [0.15, 0.2) is 67.5 Å². The molecule has 0 atom stereocenters. The van der Waals surface area contributed by atoms with Gasteiger partial charge in [-0.05, 0) is 45.7 Å². The molecule has 0 aromatic heterocycles. The van der Waals surface area contributed by atoms with Crippen LogP contribution in [0.1, 0.15) is 78.2 Å². The zero-order chi connectivity index (χ0) is 22.2. The predicted molar refractivity (Wildman–Crippen MR) is 128 cm³/mol. The van der Waals surface area contributed by atoms with E-state index in [1.54, 1.807) is 0 Å². The molecule has 1 aromatic rings. The molecule has 1 aliphatic rings. The molecule has 28 heavy (non-hydrogen) atoms. The Hall–Kier alpha value is -2.09. The molecule has 0 aliphatic heterocycles. The molecule has 0 heterocycles. The van der Waals surface area contributed by atoms with Gasteiger partial charge in [0.1, 0.15) is 6.79 Å². The summed E-state index contributed by atoms with van der Waals surface area (Å²) in [6.07, 6.45) is 12.0. The molecule has 1 aromatic carbocycles. The van der Waals surface area contributed by atoms with Gasteiger partial charge in [-0.15, -0.1) is 13.2 Å². The monoisotopic (exact) mass is 387 g/mol. The second-order valence-electron chi connectivity index (χ2n) is 6.61. The molecule has 0 bridgehead atoms. The van der Waals surface area contributed by atoms with Crippen LogP contribution >= 0.6 is 0 Å². The maximum atomic E-state index is 8.00. The number of carbonyl (C=O) groups excluding carboxylic acids is 1. The maximum absolute atomic E-state index is 8.00. The second kappa shape index (κ2) is 24.9. The highest BCUT2D eigenvalue weighted by molar-refractivity contribution is 5.11. The van der Waals surface area contributed by atoms with E-state index in [1.165, 1.54) is 56.1 Å². The topological polar surface area (TPSA) is 29.1 Å². The molecule has 0 unspecified atom stereocenters. The number of nitrogens with one attached hydrogen (secondary N) is 1. The van der Waals surface area contributed by atoms with Gasteiger partial charge in [0.05, 0.1) is 0 Å². The van der Waals surface area contributed by atoms with Crippen LogP contribution in [0, 0.1) is 12.8 Å². The summed E-state index contributed by atoms with van der Waals surface area (Å²) in [7, 11) is 0. The van der Waals surface area contributed by atoms with Gasteiger partial charge < -0.3 is 10.1 Å². The molecule has 1 aliphatic carbocycles. The maximum Gasteiger partial charge on any atom is 0.106 e. The van der Waals surface area contributed by atoms with Gasteiger partial charge in [0.2, 0.25) is 0 Å². The van der Waals surface area contributed by atoms with Gasteiger partial charge in [-0.3, -0.25) is 0 Å². The zero-order valence-corrected chi connectivity index (χ0v) is 19.2. The van der Waals surface area contributed by atoms with Gasteiger partial charge in [-0.25, -0.2) is 0 Å². The van der Waals surface area contributed by atoms with Crippen LogP contribution < -0.4 is 5.32 Å². The van der Waals surface area contributed by atoms with Gasteiger partial charge in [0, 0.05) is 5.70 Å². The standard InChI is InChI=1S/C14H25N.C7H8.C2H6.C2H4.CH2O/c1-12(2)15-11-13(3)9-10-14-7-5-4-6-8-14;1-7-5-3-2-4-6-7;3*1-2/h11,14-15H,1,4-10H2,2-3H3;2-6H,1H3;1-2H3;1-2H2;1H2/b13-11+;;;;. The molecule has 2 rings (SSSR count). The van der Waals surface area contributed by atoms with Crippen LogP contribution in [0.4, 0.5) is 0 Å². The first-order valence-electron chi connectivity index (χ1n) is 10.5. The molecule has 0 radical (unpaired) electrons. The number of benzene rings is 1. The van der Waals surface area contributed by atoms with E-state index in [1.807, 2.05) is 45.8 Å². The average molecular weight is 388 g/mol. The van der Waals surface area contributed by atoms with Crippen LogP contribution in [-0.2, 0) is 4.79 Å². The third-order valence-electron chi connectivity index (χ3n) is 4.18. The Morgan fingerprint density at radius 2 is 1.54 bits per heavy atom. The van der Waals surface area contributed by atoms with Gasteiger partial charge in [0.25, 0.3) is 0 Å². The van der Waals surface area contributed by atoms with E-state index in [-0.39, 0.29) is 0 Å². The lowest BCUT2D eigenvalue weighted by Gasteiger charge is -2.21. The van der Waals surface area contributed by atoms with E-state index in [9.17, 15) is 0 Å². The molecular formula is C26H45NO. The Bertz CT molecular complexity index is 470. The van der Waals surface area contributed by atoms with Crippen molar-refractivity contribution in [2.75, 3.05) is 0 Å². The van der Waals surface area contributed by atoms with E-state index in [2.05, 4.69) is 57.2 Å². The minimum atomic E-state index is 0.993. The molecule has 2 heteroatoms. The molecule has 0 amide bonds. The largest absolute Gasteiger partial charge is 0.366 e. The van der Waals surface area contributed by atoms with Crippen molar-refractivity contribution in [2.45, 2.75) is 79.6 Å². The lowest BCUT2D eigenvalue weighted by Crippen LogP contribution is -2.07. The smallest absolute Gasteiger partial charge is 0.106 e. The second-order valence-corrected chi connectivity index (χ2v) is 6.61. The van der Waals surface area contributed by atoms with Crippen molar-refractivity contribution in [3.63, 3.8) is 0 Å². The van der Waals surface area contributed by atoms with Crippen molar-refractivity contribution in [3.8, 4) is 0 Å². The Morgan fingerprint density at radius 1 is 1.04 bits per heavy atom. The van der Waals surface area contributed by atoms with Crippen LogP contribution in [0.2, 0.25) is 0 Å². The molecule has 2 nitrogen and oxygen atoms in total. The highest BCUT2D eigenvalue weighted by atomic mass is 16.1. The summed E-state index contributed by atoms with van der Waals surface area (Å²) in [4.78, 5) is 8.00. The van der Waals surface area contributed by atoms with E-state index >= 15 is 0 Å². The molecule has 0 spiro atoms. The van der Waals surface area contributed by atoms with Gasteiger partial charge in [-0.2, -0.15) is 0 Å². The molecule has 0 saturated heterocycles. The lowest BCUT2D eigenvalue weighted by molar-refractivity contribution is -0.0979. The number of aryl methyl sites for hydroxylation is 1. The average Bonchev–Trinajstić information content (AvgIpc) is 2.77. The number of hydrogen-bond acceptors (Lipinski definition) is 2. The number of allylic oxidation sites excluding steroid dienone is 2. The van der Waals surface area contributed by atoms with Crippen LogP contribution in [0.3, 0.4) is 0 Å². The summed E-state index contributed by atoms with van der Waals surface area (Å²) in [6.45, 7) is 22.1. The number of rotatable bonds is 5. The Labute approximate surface area is 175 Å². The molecule has 1 fully saturated rings. The van der Waals surface area contributed by atoms with Gasteiger partial charge >= 0.3 is 0 Å². The number of hydrogen-bond donors (Lipinski definition) is 1. The summed E-state index contributed by atoms with van der Waals surface area (Å²) in [6, 6.07) is 10.3. The highest BCUT2D eigenvalue weighted by Crippen LogP contribution is 2.28. The van der Waals surface area contributed by atoms with Gasteiger partial charge in [-0.1, -0.05) is 94.0 Å². The molecule has 1 N–H and O–H groups in total. The predicted octanol–water partition coefficient (Wildman–Crippen LogP) is 8.01. The molecule has 160 valence electrons. The fraction of sp³-hybridized carbons (Fsp3) is 0.500. The molecule has 1 saturated carbocycles. The normalized spacial score (nSPS) is 12.8. The Morgan fingerprint density at radius 3 is 1.93 bits per heavy atom. The number of carbonyl (C=O) groups is 1. The van der Waals surface area contributed by atoms with Crippen molar-refractivity contribution < 1.29 is 4.79 Å². The first kappa shape index (κ1) is 30.6. The molecular weight excluding hydrogens is 342 g/mol. The lowest BCUT2D eigenvalue weighted by atomic mass is 9.85. The summed E-state index contributed by atoms with van der Waals surface area (Å²) in [5.74, 6) is 0.993. The van der Waals surface area contributed by atoms with Crippen molar-refractivity contribution in [1.82, 2.24) is 5.32 Å². The van der Waals surface area contributed by atoms with Crippen molar-refractivity contribution >= 4 is 6.79 Å². The minimum Gasteiger partial charge on any atom is -0.366 e. The third kappa shape index (κ3) is 22.0. The third-order valence-corrected chi connectivity index (χ3v) is 4.18. The van der Waals surface area contributed by atoms with Gasteiger partial charge in [0.15, 0.2) is 0 Å². The van der Waals surface area contributed by atoms with Crippen LogP contribution in [-0.4, -0.2) is 6.79 Å². The summed E-state index contributed by atoms with van der Waals surface area (Å²) < 4.78 is 0. The Kier molecular flexibility index (Phi) is 27.3. The SMILES string of the molecule is C=C.C=C(C)N/C=C(\C)CCC1CCCCC1.C=O.CC.Cc1ccccc1. The highest BCUT2D eigenvalue weighted by Gasteiger charge is 2.12. The minimum absolute atomic E-state index is 0.993. The first-order valence-corrected chi connectivity index (χ1v) is 10.5. The van der Waals surface area contributed by atoms with Crippen molar-refractivity contribution in [2.24, 2.45) is 5.92 Å². The zero-order valence-electron chi connectivity index (χ0n) is 19.2. The summed E-state index contributed by atoms with van der Waals surface area (Å²) >= 11 is 0. The van der Waals surface area contributed by atoms with Crippen molar-refractivity contribution in [3.05, 3.63) is 73.1 Å². The fourth-order valence-electron chi connectivity index (χ4n) is 2.76. The van der Waals surface area contributed by atoms with E-state index < -0.39 is 0 Å². The summed E-state index contributed by atoms with van der Waals surface area (Å²) in [5, 5.41) is 3.18. The van der Waals surface area contributed by atoms with E-state index in [0.717, 1.165) is 11.6 Å². The van der Waals surface area contributed by atoms with Crippen LogP contribution in [0.25, 0.3) is 0 Å². The van der Waals surface area contributed by atoms with E-state index in [4.69, 9.17) is 4.79 Å². The first-order chi connectivity index (χ1) is 13.6. The fourth-order valence-corrected chi connectivity index (χ4v) is 2.76. The Balaban J connectivity index is -0.000000401. The van der Waals surface area contributed by atoms with E-state index in [0.29, 0.717) is 0 Å². The quantitative estimate of drug-likeness (QED) is 0.518. The summed E-state index contributed by atoms with van der Waals surface area (Å²) in [5.41, 5.74) is 3.79.